The highest BCUT2D eigenvalue weighted by atomic mass is 79.9. The number of nitrogens with one attached hydrogen (secondary N) is 1. The average molecular weight is 359 g/mol. The van der Waals surface area contributed by atoms with Crippen molar-refractivity contribution >= 4 is 39.0 Å². The molecule has 0 amide bonds. The van der Waals surface area contributed by atoms with E-state index in [1.165, 1.54) is 12.1 Å². The monoisotopic (exact) mass is 358 g/mol. The fraction of sp³-hybridized carbons (Fsp3) is 0.308. The first-order chi connectivity index (χ1) is 9.24. The molecule has 6 heteroatoms. The van der Waals surface area contributed by atoms with Gasteiger partial charge in [0.2, 0.25) is 0 Å². The Morgan fingerprint density at radius 1 is 1.42 bits per heavy atom. The molecule has 1 aliphatic heterocycles. The topological polar surface area (TPSA) is 24.9 Å². The highest BCUT2D eigenvalue weighted by molar-refractivity contribution is 9.10. The molecule has 1 unspecified atom stereocenters. The van der Waals surface area contributed by atoms with Gasteiger partial charge in [0.25, 0.3) is 0 Å². The molecule has 0 spiro atoms. The van der Waals surface area contributed by atoms with Gasteiger partial charge in [-0.05, 0) is 34.1 Å². The van der Waals surface area contributed by atoms with Crippen molar-refractivity contribution in [3.05, 3.63) is 38.9 Å². The van der Waals surface area contributed by atoms with E-state index in [0.29, 0.717) is 6.04 Å². The standard InChI is InChI=1S/C13H12BrFN2S2/c14-10-5-8(15)1-2-9(10)11-7-19-13(17-11)12-6-18-4-3-16-12/h1-2,5,7,12,16H,3-4,6H2. The van der Waals surface area contributed by atoms with E-state index in [1.54, 1.807) is 17.4 Å². The molecule has 19 heavy (non-hydrogen) atoms. The van der Waals surface area contributed by atoms with E-state index >= 15 is 0 Å². The van der Waals surface area contributed by atoms with E-state index in [4.69, 9.17) is 0 Å². The number of aromatic nitrogens is 1. The van der Waals surface area contributed by atoms with Gasteiger partial charge < -0.3 is 5.32 Å². The molecule has 3 rings (SSSR count). The Bertz CT molecular complexity index is 582. The van der Waals surface area contributed by atoms with Crippen LogP contribution in [0.25, 0.3) is 11.3 Å². The van der Waals surface area contributed by atoms with Crippen LogP contribution < -0.4 is 5.32 Å². The second kappa shape index (κ2) is 5.91. The quantitative estimate of drug-likeness (QED) is 0.874. The van der Waals surface area contributed by atoms with Crippen LogP contribution in [0.3, 0.4) is 0 Å². The predicted molar refractivity (Wildman–Crippen MR) is 83.3 cm³/mol. The molecule has 0 radical (unpaired) electrons. The highest BCUT2D eigenvalue weighted by Crippen LogP contribution is 2.32. The van der Waals surface area contributed by atoms with Crippen molar-refractivity contribution in [1.29, 1.82) is 0 Å². The van der Waals surface area contributed by atoms with E-state index in [1.807, 2.05) is 17.1 Å². The first-order valence-corrected chi connectivity index (χ1v) is 8.79. The van der Waals surface area contributed by atoms with Gasteiger partial charge in [-0.2, -0.15) is 11.8 Å². The summed E-state index contributed by atoms with van der Waals surface area (Å²) >= 11 is 7.01. The van der Waals surface area contributed by atoms with Crippen LogP contribution >= 0.6 is 39.0 Å². The maximum atomic E-state index is 13.1. The van der Waals surface area contributed by atoms with Crippen LogP contribution in [0.1, 0.15) is 11.0 Å². The van der Waals surface area contributed by atoms with Gasteiger partial charge in [-0.3, -0.25) is 0 Å². The van der Waals surface area contributed by atoms with Crippen LogP contribution in [0.4, 0.5) is 4.39 Å². The van der Waals surface area contributed by atoms with E-state index in [-0.39, 0.29) is 5.82 Å². The number of hydrogen-bond donors (Lipinski definition) is 1. The summed E-state index contributed by atoms with van der Waals surface area (Å²) < 4.78 is 13.8. The first-order valence-electron chi connectivity index (χ1n) is 5.96. The van der Waals surface area contributed by atoms with E-state index in [2.05, 4.69) is 26.2 Å². The number of hydrogen-bond acceptors (Lipinski definition) is 4. The van der Waals surface area contributed by atoms with Crippen molar-refractivity contribution in [1.82, 2.24) is 10.3 Å². The number of thioether (sulfide) groups is 1. The molecule has 0 aliphatic carbocycles. The molecule has 1 N–H and O–H groups in total. The number of rotatable bonds is 2. The van der Waals surface area contributed by atoms with Gasteiger partial charge in [-0.25, -0.2) is 9.37 Å². The molecule has 2 heterocycles. The maximum absolute atomic E-state index is 13.1. The van der Waals surface area contributed by atoms with Crippen molar-refractivity contribution in [2.75, 3.05) is 18.1 Å². The Morgan fingerprint density at radius 3 is 3.05 bits per heavy atom. The van der Waals surface area contributed by atoms with Gasteiger partial charge in [-0.1, -0.05) is 0 Å². The lowest BCUT2D eigenvalue weighted by Gasteiger charge is -2.20. The molecule has 0 saturated carbocycles. The van der Waals surface area contributed by atoms with Crippen LogP contribution in [0, 0.1) is 5.82 Å². The minimum absolute atomic E-state index is 0.239. The molecule has 2 aromatic rings. The summed E-state index contributed by atoms with van der Waals surface area (Å²) in [4.78, 5) is 4.68. The summed E-state index contributed by atoms with van der Waals surface area (Å²) in [6, 6.07) is 5.05. The van der Waals surface area contributed by atoms with Gasteiger partial charge in [0, 0.05) is 33.5 Å². The van der Waals surface area contributed by atoms with Gasteiger partial charge in [-0.15, -0.1) is 11.3 Å². The number of thiazole rings is 1. The summed E-state index contributed by atoms with van der Waals surface area (Å²) in [5.74, 6) is 1.99. The molecule has 1 atom stereocenters. The van der Waals surface area contributed by atoms with Crippen LogP contribution in [0.5, 0.6) is 0 Å². The summed E-state index contributed by atoms with van der Waals surface area (Å²) in [7, 11) is 0. The minimum atomic E-state index is -0.239. The third kappa shape index (κ3) is 3.02. The molecular formula is C13H12BrFN2S2. The molecule has 1 aliphatic rings. The van der Waals surface area contributed by atoms with Crippen molar-refractivity contribution in [3.8, 4) is 11.3 Å². The molecule has 100 valence electrons. The molecule has 2 nitrogen and oxygen atoms in total. The van der Waals surface area contributed by atoms with E-state index in [9.17, 15) is 4.39 Å². The molecule has 1 aromatic heterocycles. The minimum Gasteiger partial charge on any atom is -0.306 e. The SMILES string of the molecule is Fc1ccc(-c2csc(C3CSCCN3)n2)c(Br)c1. The average Bonchev–Trinajstić information content (AvgIpc) is 2.89. The van der Waals surface area contributed by atoms with Crippen LogP contribution in [0.2, 0.25) is 0 Å². The zero-order chi connectivity index (χ0) is 13.2. The third-order valence-corrected chi connectivity index (χ3v) is 5.63. The predicted octanol–water partition coefficient (Wildman–Crippen LogP) is 4.09. The zero-order valence-corrected chi connectivity index (χ0v) is 13.2. The van der Waals surface area contributed by atoms with Crippen LogP contribution in [0.15, 0.2) is 28.1 Å². The molecule has 0 bridgehead atoms. The second-order valence-electron chi connectivity index (χ2n) is 4.28. The fourth-order valence-electron chi connectivity index (χ4n) is 1.99. The molecular weight excluding hydrogens is 347 g/mol. The largest absolute Gasteiger partial charge is 0.306 e. The Labute approximate surface area is 128 Å². The summed E-state index contributed by atoms with van der Waals surface area (Å²) in [5, 5.41) is 6.62. The van der Waals surface area contributed by atoms with Gasteiger partial charge in [0.05, 0.1) is 11.7 Å². The van der Waals surface area contributed by atoms with E-state index in [0.717, 1.165) is 38.8 Å². The van der Waals surface area contributed by atoms with Crippen molar-refractivity contribution in [3.63, 3.8) is 0 Å². The Hall–Kier alpha value is -0.430. The molecule has 1 aromatic carbocycles. The summed E-state index contributed by atoms with van der Waals surface area (Å²) in [5.41, 5.74) is 1.84. The summed E-state index contributed by atoms with van der Waals surface area (Å²) in [6.07, 6.45) is 0. The van der Waals surface area contributed by atoms with Crippen molar-refractivity contribution < 1.29 is 4.39 Å². The van der Waals surface area contributed by atoms with E-state index < -0.39 is 0 Å². The lowest BCUT2D eigenvalue weighted by molar-refractivity contribution is 0.592. The fourth-order valence-corrected chi connectivity index (χ4v) is 4.49. The highest BCUT2D eigenvalue weighted by Gasteiger charge is 2.19. The molecule has 1 saturated heterocycles. The smallest absolute Gasteiger partial charge is 0.124 e. The van der Waals surface area contributed by atoms with Crippen LogP contribution in [-0.2, 0) is 0 Å². The lowest BCUT2D eigenvalue weighted by Crippen LogP contribution is -2.30. The number of halogens is 2. The third-order valence-electron chi connectivity index (χ3n) is 2.95. The van der Waals surface area contributed by atoms with Gasteiger partial charge in [0.1, 0.15) is 10.8 Å². The Morgan fingerprint density at radius 2 is 2.32 bits per heavy atom. The second-order valence-corrected chi connectivity index (χ2v) is 7.17. The lowest BCUT2D eigenvalue weighted by atomic mass is 10.2. The van der Waals surface area contributed by atoms with Crippen molar-refractivity contribution in [2.24, 2.45) is 0 Å². The number of benzene rings is 1. The zero-order valence-electron chi connectivity index (χ0n) is 10.0. The summed E-state index contributed by atoms with van der Waals surface area (Å²) in [6.45, 7) is 1.03. The number of nitrogens with zero attached hydrogens (tertiary/aromatic N) is 1. The maximum Gasteiger partial charge on any atom is 0.124 e. The van der Waals surface area contributed by atoms with Gasteiger partial charge >= 0.3 is 0 Å². The molecule has 1 fully saturated rings. The Balaban J connectivity index is 1.87. The van der Waals surface area contributed by atoms with Crippen molar-refractivity contribution in [2.45, 2.75) is 6.04 Å². The first kappa shape index (κ1) is 13.5. The normalized spacial score (nSPS) is 19.6. The van der Waals surface area contributed by atoms with Gasteiger partial charge in [0.15, 0.2) is 0 Å². The van der Waals surface area contributed by atoms with Crippen LogP contribution in [-0.4, -0.2) is 23.0 Å². The Kier molecular flexibility index (Phi) is 4.21.